The van der Waals surface area contributed by atoms with Crippen LogP contribution in [0.1, 0.15) is 32.1 Å². The van der Waals surface area contributed by atoms with Crippen molar-refractivity contribution in [3.8, 4) is 5.75 Å². The van der Waals surface area contributed by atoms with Gasteiger partial charge < -0.3 is 4.74 Å². The number of hydrogen-bond acceptors (Lipinski definition) is 1. The van der Waals surface area contributed by atoms with Crippen molar-refractivity contribution in [1.82, 2.24) is 0 Å². The monoisotopic (exact) mass is 270 g/mol. The van der Waals surface area contributed by atoms with Gasteiger partial charge in [-0.1, -0.05) is 36.6 Å². The van der Waals surface area contributed by atoms with E-state index in [0.717, 1.165) is 12.2 Å². The second-order valence-electron chi connectivity index (χ2n) is 5.18. The van der Waals surface area contributed by atoms with E-state index in [1.54, 1.807) is 0 Å². The van der Waals surface area contributed by atoms with Crippen LogP contribution >= 0.6 is 23.2 Å². The van der Waals surface area contributed by atoms with E-state index in [1.165, 1.54) is 25.7 Å². The topological polar surface area (TPSA) is 9.23 Å². The maximum Gasteiger partial charge on any atom is 0.138 e. The van der Waals surface area contributed by atoms with Crippen molar-refractivity contribution in [2.45, 2.75) is 43.6 Å². The largest absolute Gasteiger partial charge is 0.488 e. The number of alkyl halides is 1. The summed E-state index contributed by atoms with van der Waals surface area (Å²) in [6.45, 7) is 0. The van der Waals surface area contributed by atoms with E-state index in [1.807, 2.05) is 24.3 Å². The summed E-state index contributed by atoms with van der Waals surface area (Å²) in [5, 5.41) is 0.983. The van der Waals surface area contributed by atoms with Crippen LogP contribution < -0.4 is 4.74 Å². The summed E-state index contributed by atoms with van der Waals surface area (Å²) in [6.07, 6.45) is 6.18. The lowest BCUT2D eigenvalue weighted by molar-refractivity contribution is -0.0354. The summed E-state index contributed by atoms with van der Waals surface area (Å²) in [5.74, 6) is 0.800. The lowest BCUT2D eigenvalue weighted by Gasteiger charge is -2.51. The van der Waals surface area contributed by atoms with Crippen molar-refractivity contribution in [2.75, 3.05) is 0 Å². The van der Waals surface area contributed by atoms with Crippen LogP contribution in [0.2, 0.25) is 5.02 Å². The molecule has 3 heteroatoms. The van der Waals surface area contributed by atoms with Gasteiger partial charge >= 0.3 is 0 Å². The third-order valence-corrected chi connectivity index (χ3v) is 5.25. The number of halogens is 2. The Balaban J connectivity index is 1.77. The van der Waals surface area contributed by atoms with E-state index < -0.39 is 0 Å². The highest BCUT2D eigenvalue weighted by Gasteiger charge is 2.57. The second kappa shape index (κ2) is 4.37. The first-order valence-electron chi connectivity index (χ1n) is 6.28. The molecule has 2 aliphatic rings. The molecule has 2 saturated carbocycles. The van der Waals surface area contributed by atoms with Gasteiger partial charge in [-0.3, -0.25) is 0 Å². The van der Waals surface area contributed by atoms with E-state index in [0.29, 0.717) is 5.02 Å². The van der Waals surface area contributed by atoms with Gasteiger partial charge in [0.05, 0.1) is 5.02 Å². The van der Waals surface area contributed by atoms with Gasteiger partial charge in [0.2, 0.25) is 0 Å². The lowest BCUT2D eigenvalue weighted by Crippen LogP contribution is -2.55. The molecule has 2 atom stereocenters. The lowest BCUT2D eigenvalue weighted by atomic mass is 9.64. The molecular formula is C14H16Cl2O. The molecule has 1 aromatic carbocycles. The fourth-order valence-corrected chi connectivity index (χ4v) is 3.93. The fourth-order valence-electron chi connectivity index (χ4n) is 3.23. The van der Waals surface area contributed by atoms with Gasteiger partial charge in [-0.15, -0.1) is 11.6 Å². The first-order chi connectivity index (χ1) is 8.22. The Hall–Kier alpha value is -0.400. The van der Waals surface area contributed by atoms with Gasteiger partial charge in [0, 0.05) is 17.2 Å². The Morgan fingerprint density at radius 3 is 2.53 bits per heavy atom. The maximum atomic E-state index is 6.40. The summed E-state index contributed by atoms with van der Waals surface area (Å²) in [4.78, 5) is 0. The Morgan fingerprint density at radius 1 is 1.18 bits per heavy atom. The molecule has 1 spiro atoms. The summed E-state index contributed by atoms with van der Waals surface area (Å²) < 4.78 is 6.07. The minimum atomic E-state index is 0.223. The number of rotatable bonds is 2. The predicted octanol–water partition coefficient (Wildman–Crippen LogP) is 4.66. The zero-order valence-corrected chi connectivity index (χ0v) is 11.2. The first kappa shape index (κ1) is 11.7. The van der Waals surface area contributed by atoms with Crippen LogP contribution in [0.15, 0.2) is 24.3 Å². The summed E-state index contributed by atoms with van der Waals surface area (Å²) in [7, 11) is 0. The smallest absolute Gasteiger partial charge is 0.138 e. The normalized spacial score (nSPS) is 30.2. The van der Waals surface area contributed by atoms with Crippen LogP contribution in [0, 0.1) is 5.41 Å². The number of para-hydroxylation sites is 1. The zero-order valence-electron chi connectivity index (χ0n) is 9.66. The Morgan fingerprint density at radius 2 is 1.88 bits per heavy atom. The molecular weight excluding hydrogens is 255 g/mol. The van der Waals surface area contributed by atoms with Crippen molar-refractivity contribution < 1.29 is 4.74 Å². The SMILES string of the molecule is Clc1ccccc1OC1CC(Cl)C12CCCC2. The van der Waals surface area contributed by atoms with Crippen LogP contribution in [-0.4, -0.2) is 11.5 Å². The van der Waals surface area contributed by atoms with E-state index in [4.69, 9.17) is 27.9 Å². The molecule has 0 aliphatic heterocycles. The van der Waals surface area contributed by atoms with Crippen LogP contribution in [-0.2, 0) is 0 Å². The predicted molar refractivity (Wildman–Crippen MR) is 71.0 cm³/mol. The van der Waals surface area contributed by atoms with Crippen LogP contribution in [0.5, 0.6) is 5.75 Å². The number of ether oxygens (including phenoxy) is 1. The van der Waals surface area contributed by atoms with Gasteiger partial charge in [0.25, 0.3) is 0 Å². The summed E-state index contributed by atoms with van der Waals surface area (Å²) in [5.41, 5.74) is 0.223. The van der Waals surface area contributed by atoms with Gasteiger partial charge in [-0.2, -0.15) is 0 Å². The van der Waals surface area contributed by atoms with Crippen molar-refractivity contribution in [1.29, 1.82) is 0 Å². The minimum Gasteiger partial charge on any atom is -0.488 e. The van der Waals surface area contributed by atoms with Gasteiger partial charge in [-0.05, 0) is 25.0 Å². The van der Waals surface area contributed by atoms with E-state index in [-0.39, 0.29) is 16.9 Å². The number of benzene rings is 1. The summed E-state index contributed by atoms with van der Waals surface area (Å²) in [6, 6.07) is 7.69. The number of hydrogen-bond donors (Lipinski definition) is 0. The Bertz CT molecular complexity index is 412. The third-order valence-electron chi connectivity index (χ3n) is 4.33. The average Bonchev–Trinajstić information content (AvgIpc) is 2.83. The molecule has 0 radical (unpaired) electrons. The second-order valence-corrected chi connectivity index (χ2v) is 6.11. The standard InChI is InChI=1S/C14H16Cl2O/c15-10-5-1-2-6-11(10)17-13-9-12(16)14(13)7-3-4-8-14/h1-2,5-6,12-13H,3-4,7-9H2. The highest BCUT2D eigenvalue weighted by molar-refractivity contribution is 6.32. The van der Waals surface area contributed by atoms with Gasteiger partial charge in [-0.25, -0.2) is 0 Å². The molecule has 3 rings (SSSR count). The van der Waals surface area contributed by atoms with Crippen LogP contribution in [0.25, 0.3) is 0 Å². The molecule has 2 aliphatic carbocycles. The Labute approximate surface area is 112 Å². The molecule has 2 fully saturated rings. The fraction of sp³-hybridized carbons (Fsp3) is 0.571. The average molecular weight is 271 g/mol. The zero-order chi connectivity index (χ0) is 11.9. The van der Waals surface area contributed by atoms with Gasteiger partial charge in [0.15, 0.2) is 0 Å². The molecule has 0 aromatic heterocycles. The molecule has 92 valence electrons. The van der Waals surface area contributed by atoms with E-state index in [2.05, 4.69) is 0 Å². The Kier molecular flexibility index (Phi) is 3.00. The van der Waals surface area contributed by atoms with Crippen molar-refractivity contribution in [3.63, 3.8) is 0 Å². The third kappa shape index (κ3) is 1.84. The van der Waals surface area contributed by atoms with Crippen molar-refractivity contribution >= 4 is 23.2 Å². The molecule has 0 saturated heterocycles. The molecule has 0 bridgehead atoms. The molecule has 17 heavy (non-hydrogen) atoms. The molecule has 0 amide bonds. The van der Waals surface area contributed by atoms with Gasteiger partial charge in [0.1, 0.15) is 11.9 Å². The van der Waals surface area contributed by atoms with Crippen LogP contribution in [0.3, 0.4) is 0 Å². The highest BCUT2D eigenvalue weighted by Crippen LogP contribution is 2.57. The molecule has 0 N–H and O–H groups in total. The summed E-state index contributed by atoms with van der Waals surface area (Å²) >= 11 is 12.5. The highest BCUT2D eigenvalue weighted by atomic mass is 35.5. The quantitative estimate of drug-likeness (QED) is 0.711. The minimum absolute atomic E-state index is 0.223. The first-order valence-corrected chi connectivity index (χ1v) is 7.09. The van der Waals surface area contributed by atoms with Crippen LogP contribution in [0.4, 0.5) is 0 Å². The molecule has 1 nitrogen and oxygen atoms in total. The van der Waals surface area contributed by atoms with E-state index >= 15 is 0 Å². The molecule has 1 aromatic rings. The maximum absolute atomic E-state index is 6.40. The van der Waals surface area contributed by atoms with Crippen molar-refractivity contribution in [3.05, 3.63) is 29.3 Å². The molecule has 0 heterocycles. The van der Waals surface area contributed by atoms with Crippen molar-refractivity contribution in [2.24, 2.45) is 5.41 Å². The molecule has 2 unspecified atom stereocenters. The van der Waals surface area contributed by atoms with E-state index in [9.17, 15) is 0 Å².